The van der Waals surface area contributed by atoms with Crippen LogP contribution in [0.15, 0.2) is 42.5 Å². The van der Waals surface area contributed by atoms with Crippen LogP contribution >= 0.6 is 0 Å². The van der Waals surface area contributed by atoms with Crippen molar-refractivity contribution in [1.82, 2.24) is 0 Å². The van der Waals surface area contributed by atoms with Gasteiger partial charge in [-0.05, 0) is 25.1 Å². The van der Waals surface area contributed by atoms with E-state index in [9.17, 15) is 10.2 Å². The first-order valence-electron chi connectivity index (χ1n) is 6.39. The number of hydrogen-bond donors (Lipinski definition) is 2. The third-order valence-corrected chi connectivity index (χ3v) is 3.03. The Kier molecular flexibility index (Phi) is 4.61. The number of hydrogen-bond acceptors (Lipinski definition) is 4. The zero-order valence-electron chi connectivity index (χ0n) is 11.5. The van der Waals surface area contributed by atoms with Crippen LogP contribution in [0.3, 0.4) is 0 Å². The lowest BCUT2D eigenvalue weighted by Crippen LogP contribution is -2.01. The first-order valence-corrected chi connectivity index (χ1v) is 6.39. The monoisotopic (exact) mass is 274 g/mol. The van der Waals surface area contributed by atoms with E-state index >= 15 is 0 Å². The predicted molar refractivity (Wildman–Crippen MR) is 76.1 cm³/mol. The molecule has 0 aromatic heterocycles. The number of aliphatic hydroxyl groups is 2. The van der Waals surface area contributed by atoms with Gasteiger partial charge in [0.25, 0.3) is 0 Å². The third kappa shape index (κ3) is 2.92. The van der Waals surface area contributed by atoms with Gasteiger partial charge in [-0.25, -0.2) is 0 Å². The molecule has 20 heavy (non-hydrogen) atoms. The van der Waals surface area contributed by atoms with Gasteiger partial charge in [0.15, 0.2) is 0 Å². The number of methoxy groups -OCH3 is 1. The fourth-order valence-corrected chi connectivity index (χ4v) is 2.06. The lowest BCUT2D eigenvalue weighted by Gasteiger charge is -2.17. The minimum Gasteiger partial charge on any atom is -0.496 e. The van der Waals surface area contributed by atoms with Crippen LogP contribution in [0.25, 0.3) is 0 Å². The molecule has 0 bridgehead atoms. The number of benzene rings is 2. The third-order valence-electron chi connectivity index (χ3n) is 3.03. The highest BCUT2D eigenvalue weighted by Crippen LogP contribution is 2.37. The second-order valence-electron chi connectivity index (χ2n) is 4.42. The molecule has 2 aromatic rings. The molecule has 4 nitrogen and oxygen atoms in total. The van der Waals surface area contributed by atoms with Crippen LogP contribution in [0, 0.1) is 0 Å². The van der Waals surface area contributed by atoms with E-state index in [1.165, 1.54) is 0 Å². The molecule has 0 heterocycles. The topological polar surface area (TPSA) is 58.9 Å². The Morgan fingerprint density at radius 3 is 2.30 bits per heavy atom. The van der Waals surface area contributed by atoms with E-state index < -0.39 is 6.10 Å². The average Bonchev–Trinajstić information content (AvgIpc) is 2.47. The van der Waals surface area contributed by atoms with Crippen LogP contribution in [0.2, 0.25) is 0 Å². The van der Waals surface area contributed by atoms with Crippen molar-refractivity contribution < 1.29 is 19.7 Å². The van der Waals surface area contributed by atoms with Gasteiger partial charge in [0.1, 0.15) is 17.2 Å². The molecule has 0 spiro atoms. The van der Waals surface area contributed by atoms with Crippen LogP contribution in [0.1, 0.15) is 24.2 Å². The van der Waals surface area contributed by atoms with Gasteiger partial charge in [0.05, 0.1) is 25.4 Å². The van der Waals surface area contributed by atoms with Gasteiger partial charge in [-0.3, -0.25) is 0 Å². The quantitative estimate of drug-likeness (QED) is 0.880. The first-order chi connectivity index (χ1) is 9.67. The van der Waals surface area contributed by atoms with E-state index in [0.29, 0.717) is 28.4 Å². The van der Waals surface area contributed by atoms with Crippen molar-refractivity contribution in [2.75, 3.05) is 7.11 Å². The van der Waals surface area contributed by atoms with Crippen LogP contribution in [-0.4, -0.2) is 17.3 Å². The smallest absolute Gasteiger partial charge is 0.136 e. The first kappa shape index (κ1) is 14.4. The van der Waals surface area contributed by atoms with E-state index in [2.05, 4.69) is 0 Å². The van der Waals surface area contributed by atoms with Gasteiger partial charge in [0.2, 0.25) is 0 Å². The molecule has 0 saturated heterocycles. The van der Waals surface area contributed by atoms with Gasteiger partial charge in [-0.2, -0.15) is 0 Å². The molecule has 2 rings (SSSR count). The Labute approximate surface area is 118 Å². The maximum Gasteiger partial charge on any atom is 0.136 e. The molecule has 2 N–H and O–H groups in total. The van der Waals surface area contributed by atoms with E-state index in [4.69, 9.17) is 9.47 Å². The Hall–Kier alpha value is -2.04. The Morgan fingerprint density at radius 2 is 1.65 bits per heavy atom. The minimum absolute atomic E-state index is 0.107. The van der Waals surface area contributed by atoms with E-state index in [-0.39, 0.29) is 6.61 Å². The Bertz CT molecular complexity index is 578. The van der Waals surface area contributed by atoms with Crippen molar-refractivity contribution in [1.29, 1.82) is 0 Å². The summed E-state index contributed by atoms with van der Waals surface area (Å²) in [5, 5.41) is 19.2. The molecular weight excluding hydrogens is 256 g/mol. The van der Waals surface area contributed by atoms with E-state index in [1.54, 1.807) is 44.4 Å². The van der Waals surface area contributed by atoms with Crippen molar-refractivity contribution in [3.63, 3.8) is 0 Å². The SMILES string of the molecule is COc1cccc(Oc2ccccc2CO)c1[C@@H](C)O. The van der Waals surface area contributed by atoms with Crippen molar-refractivity contribution in [3.8, 4) is 17.2 Å². The van der Waals surface area contributed by atoms with Gasteiger partial charge < -0.3 is 19.7 Å². The summed E-state index contributed by atoms with van der Waals surface area (Å²) in [5.41, 5.74) is 1.27. The largest absolute Gasteiger partial charge is 0.496 e. The molecule has 0 fully saturated rings. The number of rotatable bonds is 5. The predicted octanol–water partition coefficient (Wildman–Crippen LogP) is 3.03. The zero-order chi connectivity index (χ0) is 14.5. The molecule has 0 unspecified atom stereocenters. The summed E-state index contributed by atoms with van der Waals surface area (Å²) >= 11 is 0. The van der Waals surface area contributed by atoms with Gasteiger partial charge >= 0.3 is 0 Å². The van der Waals surface area contributed by atoms with Gasteiger partial charge in [-0.1, -0.05) is 24.3 Å². The molecule has 4 heteroatoms. The van der Waals surface area contributed by atoms with Crippen molar-refractivity contribution in [3.05, 3.63) is 53.6 Å². The second-order valence-corrected chi connectivity index (χ2v) is 4.42. The summed E-state index contributed by atoms with van der Waals surface area (Å²) in [7, 11) is 1.55. The molecule has 0 amide bonds. The molecule has 0 radical (unpaired) electrons. The highest BCUT2D eigenvalue weighted by atomic mass is 16.5. The van der Waals surface area contributed by atoms with Crippen LogP contribution < -0.4 is 9.47 Å². The van der Waals surface area contributed by atoms with Crippen molar-refractivity contribution >= 4 is 0 Å². The number of para-hydroxylation sites is 1. The maximum absolute atomic E-state index is 9.91. The van der Waals surface area contributed by atoms with Crippen molar-refractivity contribution in [2.45, 2.75) is 19.6 Å². The highest BCUT2D eigenvalue weighted by molar-refractivity contribution is 5.48. The highest BCUT2D eigenvalue weighted by Gasteiger charge is 2.16. The van der Waals surface area contributed by atoms with Crippen molar-refractivity contribution in [2.24, 2.45) is 0 Å². The van der Waals surface area contributed by atoms with E-state index in [1.807, 2.05) is 12.1 Å². The Balaban J connectivity index is 2.43. The molecular formula is C16H18O4. The lowest BCUT2D eigenvalue weighted by atomic mass is 10.1. The Morgan fingerprint density at radius 1 is 1.00 bits per heavy atom. The van der Waals surface area contributed by atoms with Crippen LogP contribution in [0.5, 0.6) is 17.2 Å². The minimum atomic E-state index is -0.720. The molecule has 0 aliphatic heterocycles. The number of ether oxygens (including phenoxy) is 2. The van der Waals surface area contributed by atoms with Crippen LogP contribution in [0.4, 0.5) is 0 Å². The fourth-order valence-electron chi connectivity index (χ4n) is 2.06. The summed E-state index contributed by atoms with van der Waals surface area (Å²) in [6.45, 7) is 1.55. The number of aliphatic hydroxyl groups excluding tert-OH is 2. The lowest BCUT2D eigenvalue weighted by molar-refractivity contribution is 0.190. The summed E-state index contributed by atoms with van der Waals surface area (Å²) < 4.78 is 11.1. The average molecular weight is 274 g/mol. The summed E-state index contributed by atoms with van der Waals surface area (Å²) in [4.78, 5) is 0. The normalized spacial score (nSPS) is 12.0. The fraction of sp³-hybridized carbons (Fsp3) is 0.250. The summed E-state index contributed by atoms with van der Waals surface area (Å²) in [6, 6.07) is 12.6. The van der Waals surface area contributed by atoms with Gasteiger partial charge in [0, 0.05) is 5.56 Å². The molecule has 1 atom stereocenters. The molecule has 0 saturated carbocycles. The van der Waals surface area contributed by atoms with Crippen LogP contribution in [-0.2, 0) is 6.61 Å². The zero-order valence-corrected chi connectivity index (χ0v) is 11.5. The van der Waals surface area contributed by atoms with Gasteiger partial charge in [-0.15, -0.1) is 0 Å². The summed E-state index contributed by atoms with van der Waals surface area (Å²) in [5.74, 6) is 1.64. The molecule has 2 aromatic carbocycles. The molecule has 106 valence electrons. The molecule has 0 aliphatic carbocycles. The summed E-state index contributed by atoms with van der Waals surface area (Å²) in [6.07, 6.45) is -0.720. The maximum atomic E-state index is 9.91. The second kappa shape index (κ2) is 6.41. The standard InChI is InChI=1S/C16H18O4/c1-11(18)16-14(19-2)8-5-9-15(16)20-13-7-4-3-6-12(13)10-17/h3-9,11,17-18H,10H2,1-2H3/t11-/m1/s1. The van der Waals surface area contributed by atoms with E-state index in [0.717, 1.165) is 0 Å². The molecule has 0 aliphatic rings.